The summed E-state index contributed by atoms with van der Waals surface area (Å²) in [7, 11) is 1.63. The van der Waals surface area contributed by atoms with Crippen LogP contribution in [0.15, 0.2) is 39.1 Å². The minimum Gasteiger partial charge on any atom is -0.300 e. The van der Waals surface area contributed by atoms with Crippen molar-refractivity contribution in [2.75, 3.05) is 7.05 Å². The monoisotopic (exact) mass is 367 g/mol. The van der Waals surface area contributed by atoms with Gasteiger partial charge in [0, 0.05) is 23.8 Å². The van der Waals surface area contributed by atoms with Gasteiger partial charge in [-0.1, -0.05) is 15.9 Å². The highest BCUT2D eigenvalue weighted by Gasteiger charge is 2.29. The van der Waals surface area contributed by atoms with Gasteiger partial charge in [0.25, 0.3) is 6.43 Å². The van der Waals surface area contributed by atoms with Gasteiger partial charge >= 0.3 is 0 Å². The van der Waals surface area contributed by atoms with Gasteiger partial charge in [-0.2, -0.15) is 5.10 Å². The van der Waals surface area contributed by atoms with Crippen molar-refractivity contribution < 1.29 is 8.78 Å². The number of halogens is 3. The Morgan fingerprint density at radius 3 is 2.82 bits per heavy atom. The maximum atomic E-state index is 13.2. The second-order valence-electron chi connectivity index (χ2n) is 4.65. The van der Waals surface area contributed by atoms with Crippen molar-refractivity contribution in [2.24, 2.45) is 10.1 Å². The second-order valence-corrected chi connectivity index (χ2v) is 5.57. The van der Waals surface area contributed by atoms with E-state index >= 15 is 0 Å². The van der Waals surface area contributed by atoms with Crippen LogP contribution in [-0.2, 0) is 6.54 Å². The van der Waals surface area contributed by atoms with Crippen LogP contribution in [0.2, 0.25) is 0 Å². The van der Waals surface area contributed by atoms with Crippen molar-refractivity contribution in [1.82, 2.24) is 14.6 Å². The van der Waals surface area contributed by atoms with Gasteiger partial charge in [0.15, 0.2) is 5.84 Å². The fraction of sp³-hybridized carbons (Fsp3) is 0.214. The fourth-order valence-corrected chi connectivity index (χ4v) is 2.90. The van der Waals surface area contributed by atoms with Crippen molar-refractivity contribution in [3.05, 3.63) is 46.0 Å². The molecule has 0 bridgehead atoms. The van der Waals surface area contributed by atoms with Crippen LogP contribution in [0, 0.1) is 0 Å². The molecule has 1 aromatic carbocycles. The van der Waals surface area contributed by atoms with Crippen LogP contribution < -0.4 is 0 Å². The van der Waals surface area contributed by atoms with Crippen molar-refractivity contribution in [1.29, 1.82) is 0 Å². The molecule has 0 spiro atoms. The standard InChI is InChI=1S/C14H12BrF2N5/c1-18-14-9-5-8(15)3-4-10(9)21-7-20-12(13(16)17)11(21)6-22(14)19-2/h3-5,7,13H,2,6H2,1H3. The number of nitrogens with zero attached hydrogens (tertiary/aromatic N) is 5. The number of hydrogen-bond donors (Lipinski definition) is 0. The summed E-state index contributed by atoms with van der Waals surface area (Å²) in [5, 5.41) is 5.42. The lowest BCUT2D eigenvalue weighted by atomic mass is 10.1. The third kappa shape index (κ3) is 2.23. The van der Waals surface area contributed by atoms with Gasteiger partial charge in [0.1, 0.15) is 12.0 Å². The largest absolute Gasteiger partial charge is 0.300 e. The lowest BCUT2D eigenvalue weighted by Gasteiger charge is -2.18. The first-order chi connectivity index (χ1) is 10.6. The molecule has 0 saturated heterocycles. The number of alkyl halides is 2. The Labute approximate surface area is 134 Å². The van der Waals surface area contributed by atoms with Crippen LogP contribution in [0.5, 0.6) is 0 Å². The predicted octanol–water partition coefficient (Wildman–Crippen LogP) is 3.38. The number of fused-ring (bicyclic) bond motifs is 3. The lowest BCUT2D eigenvalue weighted by molar-refractivity contribution is 0.144. The Hall–Kier alpha value is -2.09. The highest BCUT2D eigenvalue weighted by atomic mass is 79.9. The minimum atomic E-state index is -2.65. The molecule has 0 radical (unpaired) electrons. The van der Waals surface area contributed by atoms with E-state index in [0.717, 1.165) is 15.7 Å². The van der Waals surface area contributed by atoms with E-state index in [9.17, 15) is 8.78 Å². The molecular formula is C14H12BrF2N5. The summed E-state index contributed by atoms with van der Waals surface area (Å²) in [5.41, 5.74) is 1.62. The third-order valence-electron chi connectivity index (χ3n) is 3.49. The highest BCUT2D eigenvalue weighted by molar-refractivity contribution is 9.10. The summed E-state index contributed by atoms with van der Waals surface area (Å²) in [6, 6.07) is 5.54. The molecule has 0 amide bonds. The highest BCUT2D eigenvalue weighted by Crippen LogP contribution is 2.31. The molecule has 1 aromatic heterocycles. The van der Waals surface area contributed by atoms with Crippen LogP contribution in [0.4, 0.5) is 8.78 Å². The van der Waals surface area contributed by atoms with E-state index in [4.69, 9.17) is 0 Å². The van der Waals surface area contributed by atoms with Crippen LogP contribution in [0.1, 0.15) is 23.4 Å². The Bertz CT molecular complexity index is 769. The molecule has 0 aliphatic carbocycles. The zero-order valence-electron chi connectivity index (χ0n) is 11.7. The number of hydrazone groups is 1. The van der Waals surface area contributed by atoms with Crippen molar-refractivity contribution in [2.45, 2.75) is 13.0 Å². The summed E-state index contributed by atoms with van der Waals surface area (Å²) in [4.78, 5) is 8.10. The fourth-order valence-electron chi connectivity index (χ4n) is 2.54. The summed E-state index contributed by atoms with van der Waals surface area (Å²) >= 11 is 3.42. The SMILES string of the molecule is C=NN1Cc2c(C(F)F)ncn2-c2ccc(Br)cc2C1=NC. The summed E-state index contributed by atoms with van der Waals surface area (Å²) < 4.78 is 28.9. The van der Waals surface area contributed by atoms with Gasteiger partial charge in [-0.05, 0) is 18.2 Å². The van der Waals surface area contributed by atoms with Crippen molar-refractivity contribution in [3.63, 3.8) is 0 Å². The lowest BCUT2D eigenvalue weighted by Crippen LogP contribution is -2.25. The summed E-state index contributed by atoms with van der Waals surface area (Å²) in [5.74, 6) is 0.565. The van der Waals surface area contributed by atoms with Crippen LogP contribution >= 0.6 is 15.9 Å². The number of imidazole rings is 1. The Kier molecular flexibility index (Phi) is 3.78. The Balaban J connectivity index is 2.32. The smallest absolute Gasteiger partial charge is 0.282 e. The van der Waals surface area contributed by atoms with E-state index in [-0.39, 0.29) is 12.2 Å². The van der Waals surface area contributed by atoms with Crippen molar-refractivity contribution >= 4 is 28.5 Å². The molecule has 0 N–H and O–H groups in total. The van der Waals surface area contributed by atoms with Gasteiger partial charge in [-0.15, -0.1) is 0 Å². The van der Waals surface area contributed by atoms with Gasteiger partial charge in [-0.3, -0.25) is 4.99 Å². The maximum Gasteiger partial charge on any atom is 0.282 e. The molecule has 0 unspecified atom stereocenters. The third-order valence-corrected chi connectivity index (χ3v) is 3.98. The zero-order valence-corrected chi connectivity index (χ0v) is 13.3. The average Bonchev–Trinajstić information content (AvgIpc) is 2.85. The number of hydrogen-bond acceptors (Lipinski definition) is 3. The average molecular weight is 368 g/mol. The zero-order chi connectivity index (χ0) is 15.9. The van der Waals surface area contributed by atoms with E-state index < -0.39 is 6.43 Å². The molecule has 2 heterocycles. The van der Waals surface area contributed by atoms with Crippen LogP contribution in [0.25, 0.3) is 5.69 Å². The van der Waals surface area contributed by atoms with Gasteiger partial charge in [0.2, 0.25) is 0 Å². The van der Waals surface area contributed by atoms with E-state index in [1.165, 1.54) is 11.3 Å². The molecule has 1 aliphatic heterocycles. The Morgan fingerprint density at radius 1 is 1.41 bits per heavy atom. The number of amidine groups is 1. The molecule has 5 nitrogen and oxygen atoms in total. The molecule has 114 valence electrons. The minimum absolute atomic E-state index is 0.127. The second kappa shape index (κ2) is 5.60. The Morgan fingerprint density at radius 2 is 2.18 bits per heavy atom. The van der Waals surface area contributed by atoms with E-state index in [1.807, 2.05) is 18.2 Å². The quantitative estimate of drug-likeness (QED) is 0.763. The molecule has 2 aromatic rings. The van der Waals surface area contributed by atoms with Crippen LogP contribution in [-0.4, -0.2) is 34.2 Å². The van der Waals surface area contributed by atoms with Crippen LogP contribution in [0.3, 0.4) is 0 Å². The van der Waals surface area contributed by atoms with Gasteiger partial charge in [-0.25, -0.2) is 18.8 Å². The molecule has 0 atom stereocenters. The topological polar surface area (TPSA) is 45.8 Å². The first-order valence-electron chi connectivity index (χ1n) is 6.42. The summed E-state index contributed by atoms with van der Waals surface area (Å²) in [6.07, 6.45) is -1.24. The molecule has 0 fully saturated rings. The molecule has 3 rings (SSSR count). The van der Waals surface area contributed by atoms with Crippen molar-refractivity contribution in [3.8, 4) is 5.69 Å². The van der Waals surface area contributed by atoms with E-state index in [1.54, 1.807) is 11.6 Å². The molecule has 22 heavy (non-hydrogen) atoms. The molecule has 1 aliphatic rings. The molecule has 0 saturated carbocycles. The molecular weight excluding hydrogens is 356 g/mol. The summed E-state index contributed by atoms with van der Waals surface area (Å²) in [6.45, 7) is 3.64. The first kappa shape index (κ1) is 14.8. The number of aromatic nitrogens is 2. The number of aliphatic imine (C=N–C) groups is 1. The maximum absolute atomic E-state index is 13.2. The molecule has 8 heteroatoms. The predicted molar refractivity (Wildman–Crippen MR) is 83.8 cm³/mol. The van der Waals surface area contributed by atoms with Gasteiger partial charge < -0.3 is 4.57 Å². The number of rotatable bonds is 2. The van der Waals surface area contributed by atoms with E-state index in [2.05, 4.69) is 37.7 Å². The van der Waals surface area contributed by atoms with Gasteiger partial charge in [0.05, 0.1) is 17.9 Å². The first-order valence-corrected chi connectivity index (χ1v) is 7.21. The number of benzene rings is 1. The normalized spacial score (nSPS) is 15.7. The van der Waals surface area contributed by atoms with E-state index in [0.29, 0.717) is 11.5 Å².